The average molecular weight is 171 g/mol. The summed E-state index contributed by atoms with van der Waals surface area (Å²) in [6.45, 7) is 4.22. The number of hydrogen-bond acceptors (Lipinski definition) is 1. The predicted octanol–water partition coefficient (Wildman–Crippen LogP) is 2.85. The predicted molar refractivity (Wildman–Crippen MR) is 57.1 cm³/mol. The Hall–Kier alpha value is -1.37. The van der Waals surface area contributed by atoms with Crippen LogP contribution in [0.1, 0.15) is 23.1 Å². The summed E-state index contributed by atoms with van der Waals surface area (Å²) < 4.78 is 0. The number of hydrogen-bond donors (Lipinski definition) is 0. The van der Waals surface area contributed by atoms with Crippen LogP contribution in [-0.4, -0.2) is 6.72 Å². The molecular weight excluding hydrogens is 158 g/mol. The second kappa shape index (κ2) is 3.56. The fourth-order valence-electron chi connectivity index (χ4n) is 1.70. The van der Waals surface area contributed by atoms with E-state index in [1.165, 1.54) is 29.5 Å². The topological polar surface area (TPSA) is 12.4 Å². The highest BCUT2D eigenvalue weighted by Crippen LogP contribution is 2.20. The second-order valence-corrected chi connectivity index (χ2v) is 3.36. The van der Waals surface area contributed by atoms with Gasteiger partial charge in [-0.15, -0.1) is 0 Å². The normalized spacial score (nSPS) is 13.8. The van der Waals surface area contributed by atoms with Crippen molar-refractivity contribution in [1.82, 2.24) is 0 Å². The standard InChI is InChI=1S/C12H13N/c1-13-9-10-6-7-11-4-2-3-5-12(11)8-10/h3,5-8H,1-2,4,9H2. The van der Waals surface area contributed by atoms with Gasteiger partial charge in [-0.05, 0) is 42.3 Å². The van der Waals surface area contributed by atoms with Crippen LogP contribution in [0.2, 0.25) is 0 Å². The molecule has 0 atom stereocenters. The summed E-state index contributed by atoms with van der Waals surface area (Å²) in [5.41, 5.74) is 4.06. The van der Waals surface area contributed by atoms with Crippen molar-refractivity contribution in [1.29, 1.82) is 0 Å². The van der Waals surface area contributed by atoms with Crippen molar-refractivity contribution in [2.24, 2.45) is 4.99 Å². The number of aliphatic imine (C=N–C) groups is 1. The maximum Gasteiger partial charge on any atom is 0.0632 e. The molecule has 1 aliphatic rings. The number of nitrogens with zero attached hydrogens (tertiary/aromatic N) is 1. The van der Waals surface area contributed by atoms with E-state index >= 15 is 0 Å². The fraction of sp³-hybridized carbons (Fsp3) is 0.250. The number of rotatable bonds is 2. The van der Waals surface area contributed by atoms with Gasteiger partial charge in [0, 0.05) is 0 Å². The summed E-state index contributed by atoms with van der Waals surface area (Å²) in [5.74, 6) is 0. The summed E-state index contributed by atoms with van der Waals surface area (Å²) >= 11 is 0. The smallest absolute Gasteiger partial charge is 0.0632 e. The molecule has 0 N–H and O–H groups in total. The molecule has 0 aliphatic heterocycles. The SMILES string of the molecule is C=NCc1ccc2c(c1)C=CCC2. The van der Waals surface area contributed by atoms with Crippen molar-refractivity contribution in [3.63, 3.8) is 0 Å². The lowest BCUT2D eigenvalue weighted by molar-refractivity contribution is 0.977. The van der Waals surface area contributed by atoms with Crippen molar-refractivity contribution in [2.75, 3.05) is 0 Å². The maximum absolute atomic E-state index is 3.88. The zero-order chi connectivity index (χ0) is 9.10. The zero-order valence-corrected chi connectivity index (χ0v) is 7.66. The van der Waals surface area contributed by atoms with Gasteiger partial charge >= 0.3 is 0 Å². The molecule has 1 nitrogen and oxygen atoms in total. The van der Waals surface area contributed by atoms with E-state index in [4.69, 9.17) is 0 Å². The largest absolute Gasteiger partial charge is 0.296 e. The molecule has 0 spiro atoms. The van der Waals surface area contributed by atoms with Gasteiger partial charge in [-0.3, -0.25) is 4.99 Å². The van der Waals surface area contributed by atoms with Crippen LogP contribution < -0.4 is 0 Å². The fourth-order valence-corrected chi connectivity index (χ4v) is 1.70. The molecule has 0 unspecified atom stereocenters. The summed E-state index contributed by atoms with van der Waals surface area (Å²) in [6, 6.07) is 6.56. The van der Waals surface area contributed by atoms with Gasteiger partial charge in [0.15, 0.2) is 0 Å². The van der Waals surface area contributed by atoms with E-state index in [9.17, 15) is 0 Å². The van der Waals surface area contributed by atoms with Crippen LogP contribution in [0.4, 0.5) is 0 Å². The molecule has 2 rings (SSSR count). The molecule has 66 valence electrons. The van der Waals surface area contributed by atoms with Crippen molar-refractivity contribution >= 4 is 12.8 Å². The van der Waals surface area contributed by atoms with Crippen LogP contribution in [-0.2, 0) is 13.0 Å². The highest BCUT2D eigenvalue weighted by Gasteiger charge is 2.03. The molecule has 0 fully saturated rings. The lowest BCUT2D eigenvalue weighted by Gasteiger charge is -2.10. The lowest BCUT2D eigenvalue weighted by atomic mass is 9.95. The second-order valence-electron chi connectivity index (χ2n) is 3.36. The minimum absolute atomic E-state index is 0.723. The molecule has 0 aromatic heterocycles. The van der Waals surface area contributed by atoms with Crippen molar-refractivity contribution in [3.8, 4) is 0 Å². The van der Waals surface area contributed by atoms with E-state index < -0.39 is 0 Å². The van der Waals surface area contributed by atoms with Crippen LogP contribution in [0, 0.1) is 0 Å². The third kappa shape index (κ3) is 1.69. The number of benzene rings is 1. The van der Waals surface area contributed by atoms with Crippen molar-refractivity contribution < 1.29 is 0 Å². The molecule has 0 heterocycles. The minimum atomic E-state index is 0.723. The zero-order valence-electron chi connectivity index (χ0n) is 7.66. The molecule has 1 heteroatoms. The van der Waals surface area contributed by atoms with Gasteiger partial charge < -0.3 is 0 Å². The summed E-state index contributed by atoms with van der Waals surface area (Å²) in [7, 11) is 0. The Kier molecular flexibility index (Phi) is 2.26. The number of allylic oxidation sites excluding steroid dienone is 1. The maximum atomic E-state index is 3.88. The molecular formula is C12H13N. The van der Waals surface area contributed by atoms with Gasteiger partial charge in [0.2, 0.25) is 0 Å². The Bertz CT molecular complexity index is 350. The first-order chi connectivity index (χ1) is 6.40. The third-order valence-corrected chi connectivity index (χ3v) is 2.38. The minimum Gasteiger partial charge on any atom is -0.296 e. The third-order valence-electron chi connectivity index (χ3n) is 2.38. The van der Waals surface area contributed by atoms with Crippen LogP contribution in [0.25, 0.3) is 6.08 Å². The monoisotopic (exact) mass is 171 g/mol. The molecule has 0 saturated heterocycles. The van der Waals surface area contributed by atoms with Gasteiger partial charge in [0.1, 0.15) is 0 Å². The summed E-state index contributed by atoms with van der Waals surface area (Å²) in [6.07, 6.45) is 6.78. The number of aryl methyl sites for hydroxylation is 1. The molecule has 1 aromatic carbocycles. The van der Waals surface area contributed by atoms with Gasteiger partial charge in [0.25, 0.3) is 0 Å². The summed E-state index contributed by atoms with van der Waals surface area (Å²) in [4.78, 5) is 3.88. The lowest BCUT2D eigenvalue weighted by Crippen LogP contribution is -1.95. The number of fused-ring (bicyclic) bond motifs is 1. The Labute approximate surface area is 78.8 Å². The van der Waals surface area contributed by atoms with Gasteiger partial charge in [0.05, 0.1) is 6.54 Å². The van der Waals surface area contributed by atoms with E-state index in [1.54, 1.807) is 0 Å². The van der Waals surface area contributed by atoms with Gasteiger partial charge in [-0.1, -0.05) is 24.3 Å². The van der Waals surface area contributed by atoms with E-state index in [-0.39, 0.29) is 0 Å². The van der Waals surface area contributed by atoms with Crippen LogP contribution in [0.3, 0.4) is 0 Å². The Morgan fingerprint density at radius 1 is 1.38 bits per heavy atom. The highest BCUT2D eigenvalue weighted by atomic mass is 14.7. The first-order valence-corrected chi connectivity index (χ1v) is 4.61. The van der Waals surface area contributed by atoms with Crippen LogP contribution >= 0.6 is 0 Å². The van der Waals surface area contributed by atoms with Gasteiger partial charge in [-0.25, -0.2) is 0 Å². The van der Waals surface area contributed by atoms with E-state index in [1.807, 2.05) is 0 Å². The van der Waals surface area contributed by atoms with E-state index in [2.05, 4.69) is 42.1 Å². The molecule has 0 radical (unpaired) electrons. The van der Waals surface area contributed by atoms with Crippen LogP contribution in [0.5, 0.6) is 0 Å². The Morgan fingerprint density at radius 2 is 2.31 bits per heavy atom. The van der Waals surface area contributed by atoms with Crippen molar-refractivity contribution in [2.45, 2.75) is 19.4 Å². The summed E-state index contributed by atoms with van der Waals surface area (Å²) in [5, 5.41) is 0. The molecule has 13 heavy (non-hydrogen) atoms. The molecule has 0 amide bonds. The van der Waals surface area contributed by atoms with Crippen LogP contribution in [0.15, 0.2) is 29.3 Å². The Balaban J connectivity index is 2.36. The Morgan fingerprint density at radius 3 is 3.15 bits per heavy atom. The molecule has 1 aromatic rings. The first kappa shape index (κ1) is 8.24. The quantitative estimate of drug-likeness (QED) is 0.607. The molecule has 0 bridgehead atoms. The van der Waals surface area contributed by atoms with Crippen molar-refractivity contribution in [3.05, 3.63) is 41.0 Å². The van der Waals surface area contributed by atoms with E-state index in [0.717, 1.165) is 6.54 Å². The van der Waals surface area contributed by atoms with E-state index in [0.29, 0.717) is 0 Å². The first-order valence-electron chi connectivity index (χ1n) is 4.61. The van der Waals surface area contributed by atoms with Gasteiger partial charge in [-0.2, -0.15) is 0 Å². The average Bonchev–Trinajstić information content (AvgIpc) is 2.18. The highest BCUT2D eigenvalue weighted by molar-refractivity contribution is 5.57. The molecule has 0 saturated carbocycles. The molecule has 1 aliphatic carbocycles.